The first kappa shape index (κ1) is 16.3. The van der Waals surface area contributed by atoms with Crippen molar-refractivity contribution in [3.63, 3.8) is 0 Å². The molecule has 1 aliphatic heterocycles. The average Bonchev–Trinajstić information content (AvgIpc) is 2.56. The summed E-state index contributed by atoms with van der Waals surface area (Å²) >= 11 is 5.78. The van der Waals surface area contributed by atoms with Crippen LogP contribution in [0, 0.1) is 0 Å². The molecule has 116 valence electrons. The van der Waals surface area contributed by atoms with Crippen LogP contribution in [0.15, 0.2) is 24.3 Å². The Morgan fingerprint density at radius 2 is 1.76 bits per heavy atom. The quantitative estimate of drug-likeness (QED) is 0.779. The van der Waals surface area contributed by atoms with Crippen molar-refractivity contribution in [2.45, 2.75) is 38.6 Å². The SMILES string of the molecule is CCN(CC)C1CCN(C(=O)c2ccc(CCl)cc2)CC1. The van der Waals surface area contributed by atoms with E-state index in [1.807, 2.05) is 29.2 Å². The molecule has 0 radical (unpaired) electrons. The molecule has 21 heavy (non-hydrogen) atoms. The molecule has 1 heterocycles. The van der Waals surface area contributed by atoms with Crippen molar-refractivity contribution in [2.24, 2.45) is 0 Å². The first-order valence-electron chi connectivity index (χ1n) is 7.87. The number of nitrogens with zero attached hydrogens (tertiary/aromatic N) is 2. The Hall–Kier alpha value is -1.06. The van der Waals surface area contributed by atoms with Crippen LogP contribution in [0.4, 0.5) is 0 Å². The Morgan fingerprint density at radius 3 is 2.24 bits per heavy atom. The van der Waals surface area contributed by atoms with Gasteiger partial charge >= 0.3 is 0 Å². The molecule has 4 heteroatoms. The summed E-state index contributed by atoms with van der Waals surface area (Å²) in [6, 6.07) is 8.27. The highest BCUT2D eigenvalue weighted by atomic mass is 35.5. The van der Waals surface area contributed by atoms with Gasteiger partial charge in [0.2, 0.25) is 0 Å². The van der Waals surface area contributed by atoms with Crippen molar-refractivity contribution in [1.82, 2.24) is 9.80 Å². The Bertz CT molecular complexity index is 448. The van der Waals surface area contributed by atoms with Crippen LogP contribution in [0.3, 0.4) is 0 Å². The number of piperidine rings is 1. The lowest BCUT2D eigenvalue weighted by Gasteiger charge is -2.37. The smallest absolute Gasteiger partial charge is 0.253 e. The first-order chi connectivity index (χ1) is 10.2. The second-order valence-corrected chi connectivity index (χ2v) is 5.84. The van der Waals surface area contributed by atoms with E-state index in [-0.39, 0.29) is 5.91 Å². The number of hydrogen-bond acceptors (Lipinski definition) is 2. The molecule has 1 aromatic rings. The molecule has 0 N–H and O–H groups in total. The van der Waals surface area contributed by atoms with Crippen molar-refractivity contribution in [2.75, 3.05) is 26.2 Å². The summed E-state index contributed by atoms with van der Waals surface area (Å²) in [6.45, 7) is 8.32. The van der Waals surface area contributed by atoms with Crippen molar-refractivity contribution >= 4 is 17.5 Å². The van der Waals surface area contributed by atoms with Gasteiger partial charge in [-0.2, -0.15) is 0 Å². The standard InChI is InChI=1S/C17H25ClN2O/c1-3-19(4-2)16-9-11-20(12-10-16)17(21)15-7-5-14(13-18)6-8-15/h5-8,16H,3-4,9-13H2,1-2H3. The van der Waals surface area contributed by atoms with Gasteiger partial charge in [-0.15, -0.1) is 11.6 Å². The lowest BCUT2D eigenvalue weighted by Crippen LogP contribution is -2.46. The van der Waals surface area contributed by atoms with Gasteiger partial charge in [-0.25, -0.2) is 0 Å². The van der Waals surface area contributed by atoms with Gasteiger partial charge in [0.1, 0.15) is 0 Å². The molecule has 1 saturated heterocycles. The number of likely N-dealkylation sites (tertiary alicyclic amines) is 1. The average molecular weight is 309 g/mol. The van der Waals surface area contributed by atoms with E-state index in [1.54, 1.807) is 0 Å². The number of halogens is 1. The Morgan fingerprint density at radius 1 is 1.19 bits per heavy atom. The maximum atomic E-state index is 12.5. The van der Waals surface area contributed by atoms with Crippen LogP contribution in [0.1, 0.15) is 42.6 Å². The highest BCUT2D eigenvalue weighted by Crippen LogP contribution is 2.18. The predicted octanol–water partition coefficient (Wildman–Crippen LogP) is 3.37. The van der Waals surface area contributed by atoms with E-state index in [2.05, 4.69) is 18.7 Å². The molecule has 0 spiro atoms. The van der Waals surface area contributed by atoms with Crippen molar-refractivity contribution < 1.29 is 4.79 Å². The second-order valence-electron chi connectivity index (χ2n) is 5.58. The number of carbonyl (C=O) groups excluding carboxylic acids is 1. The third-order valence-corrected chi connectivity index (χ3v) is 4.74. The Labute approximate surface area is 132 Å². The summed E-state index contributed by atoms with van der Waals surface area (Å²) in [5.41, 5.74) is 1.82. The lowest BCUT2D eigenvalue weighted by atomic mass is 10.0. The summed E-state index contributed by atoms with van der Waals surface area (Å²) in [6.07, 6.45) is 2.15. The van der Waals surface area contributed by atoms with E-state index >= 15 is 0 Å². The molecule has 0 atom stereocenters. The van der Waals surface area contributed by atoms with Crippen molar-refractivity contribution in [3.05, 3.63) is 35.4 Å². The molecule has 0 aliphatic carbocycles. The van der Waals surface area contributed by atoms with E-state index in [0.29, 0.717) is 11.9 Å². The normalized spacial score (nSPS) is 16.5. The first-order valence-corrected chi connectivity index (χ1v) is 8.41. The molecule has 1 aromatic carbocycles. The largest absolute Gasteiger partial charge is 0.339 e. The maximum absolute atomic E-state index is 12.5. The molecule has 3 nitrogen and oxygen atoms in total. The molecule has 1 fully saturated rings. The topological polar surface area (TPSA) is 23.6 Å². The molecule has 0 bridgehead atoms. The summed E-state index contributed by atoms with van der Waals surface area (Å²) in [4.78, 5) is 17.0. The van der Waals surface area contributed by atoms with Gasteiger partial charge in [-0.05, 0) is 43.6 Å². The zero-order chi connectivity index (χ0) is 15.2. The third-order valence-electron chi connectivity index (χ3n) is 4.44. The van der Waals surface area contributed by atoms with Crippen LogP contribution >= 0.6 is 11.6 Å². The molecular formula is C17H25ClN2O. The summed E-state index contributed by atoms with van der Waals surface area (Å²) < 4.78 is 0. The number of hydrogen-bond donors (Lipinski definition) is 0. The van der Waals surface area contributed by atoms with E-state index in [0.717, 1.165) is 50.1 Å². The number of alkyl halides is 1. The van der Waals surface area contributed by atoms with Crippen molar-refractivity contribution in [1.29, 1.82) is 0 Å². The van der Waals surface area contributed by atoms with Crippen LogP contribution in [0.5, 0.6) is 0 Å². The monoisotopic (exact) mass is 308 g/mol. The minimum Gasteiger partial charge on any atom is -0.339 e. The van der Waals surface area contributed by atoms with Gasteiger partial charge in [0, 0.05) is 30.6 Å². The molecule has 1 aliphatic rings. The number of benzene rings is 1. The van der Waals surface area contributed by atoms with Gasteiger partial charge < -0.3 is 9.80 Å². The molecule has 1 amide bonds. The second kappa shape index (κ2) is 7.81. The van der Waals surface area contributed by atoms with E-state index in [4.69, 9.17) is 11.6 Å². The zero-order valence-electron chi connectivity index (χ0n) is 13.0. The van der Waals surface area contributed by atoms with Crippen molar-refractivity contribution in [3.8, 4) is 0 Å². The molecular weight excluding hydrogens is 284 g/mol. The van der Waals surface area contributed by atoms with Crippen LogP contribution in [0.2, 0.25) is 0 Å². The van der Waals surface area contributed by atoms with Crippen LogP contribution < -0.4 is 0 Å². The van der Waals surface area contributed by atoms with E-state index < -0.39 is 0 Å². The number of amides is 1. The van der Waals surface area contributed by atoms with E-state index in [9.17, 15) is 4.79 Å². The van der Waals surface area contributed by atoms with Gasteiger partial charge in [-0.3, -0.25) is 4.79 Å². The number of rotatable bonds is 5. The molecule has 0 unspecified atom stereocenters. The van der Waals surface area contributed by atoms with E-state index in [1.165, 1.54) is 0 Å². The van der Waals surface area contributed by atoms with Crippen LogP contribution in [-0.4, -0.2) is 47.9 Å². The lowest BCUT2D eigenvalue weighted by molar-refractivity contribution is 0.0631. The fourth-order valence-corrected chi connectivity index (χ4v) is 3.27. The minimum absolute atomic E-state index is 0.147. The molecule has 0 aromatic heterocycles. The van der Waals surface area contributed by atoms with Gasteiger partial charge in [0.05, 0.1) is 0 Å². The highest BCUT2D eigenvalue weighted by Gasteiger charge is 2.26. The fraction of sp³-hybridized carbons (Fsp3) is 0.588. The van der Waals surface area contributed by atoms with Gasteiger partial charge in [0.15, 0.2) is 0 Å². The third kappa shape index (κ3) is 3.98. The summed E-state index contributed by atoms with van der Waals surface area (Å²) in [5, 5.41) is 0. The number of carbonyl (C=O) groups is 1. The fourth-order valence-electron chi connectivity index (χ4n) is 3.09. The molecule has 2 rings (SSSR count). The van der Waals surface area contributed by atoms with Crippen LogP contribution in [-0.2, 0) is 5.88 Å². The summed E-state index contributed by atoms with van der Waals surface area (Å²) in [5.74, 6) is 0.637. The Kier molecular flexibility index (Phi) is 6.07. The van der Waals surface area contributed by atoms with Crippen LogP contribution in [0.25, 0.3) is 0 Å². The zero-order valence-corrected chi connectivity index (χ0v) is 13.8. The van der Waals surface area contributed by atoms with Gasteiger partial charge in [-0.1, -0.05) is 26.0 Å². The highest BCUT2D eigenvalue weighted by molar-refractivity contribution is 6.17. The molecule has 0 saturated carbocycles. The predicted molar refractivity (Wildman–Crippen MR) is 87.8 cm³/mol. The minimum atomic E-state index is 0.147. The maximum Gasteiger partial charge on any atom is 0.253 e. The Balaban J connectivity index is 1.93. The van der Waals surface area contributed by atoms with Gasteiger partial charge in [0.25, 0.3) is 5.91 Å². The summed E-state index contributed by atoms with van der Waals surface area (Å²) in [7, 11) is 0.